The predicted molar refractivity (Wildman–Crippen MR) is 50.6 cm³/mol. The Morgan fingerprint density at radius 1 is 1.36 bits per heavy atom. The first-order valence-corrected chi connectivity index (χ1v) is 4.08. The summed E-state index contributed by atoms with van der Waals surface area (Å²) in [6.07, 6.45) is -2.59. The minimum absolute atomic E-state index is 0.603. The number of rotatable bonds is 1. The fraction of sp³-hybridized carbons (Fsp3) is 0.273. The summed E-state index contributed by atoms with van der Waals surface area (Å²) >= 11 is 0. The van der Waals surface area contributed by atoms with Gasteiger partial charge in [0.1, 0.15) is 5.75 Å². The lowest BCUT2D eigenvalue weighted by atomic mass is 10.1. The summed E-state index contributed by atoms with van der Waals surface area (Å²) in [6.45, 7) is 1.80. The second-order valence-corrected chi connectivity index (χ2v) is 2.75. The Bertz CT molecular complexity index is 375. The lowest BCUT2D eigenvalue weighted by Crippen LogP contribution is -1.88. The van der Waals surface area contributed by atoms with Gasteiger partial charge in [-0.05, 0) is 36.6 Å². The van der Waals surface area contributed by atoms with E-state index in [1.54, 1.807) is 32.2 Å². The minimum atomic E-state index is -2.59. The van der Waals surface area contributed by atoms with Crippen molar-refractivity contribution in [1.29, 1.82) is 0 Å². The van der Waals surface area contributed by atoms with Gasteiger partial charge in [-0.2, -0.15) is 8.78 Å². The first-order valence-electron chi connectivity index (χ1n) is 4.08. The molecule has 0 fully saturated rings. The second kappa shape index (κ2) is 4.61. The molecule has 0 bridgehead atoms. The maximum atomic E-state index is 11.8. The summed E-state index contributed by atoms with van der Waals surface area (Å²) in [5, 5.41) is 0. The van der Waals surface area contributed by atoms with Gasteiger partial charge >= 0.3 is 0 Å². The van der Waals surface area contributed by atoms with Crippen molar-refractivity contribution in [2.75, 3.05) is 7.11 Å². The van der Waals surface area contributed by atoms with E-state index in [-0.39, 0.29) is 0 Å². The SMILES string of the molecule is COc1ccc(C#CC(F)F)c(C)c1. The highest BCUT2D eigenvalue weighted by Crippen LogP contribution is 2.15. The average Bonchev–Trinajstić information content (AvgIpc) is 2.15. The molecular weight excluding hydrogens is 186 g/mol. The molecule has 0 radical (unpaired) electrons. The molecule has 3 heteroatoms. The molecule has 0 unspecified atom stereocenters. The Kier molecular flexibility index (Phi) is 3.47. The van der Waals surface area contributed by atoms with Gasteiger partial charge in [0.05, 0.1) is 7.11 Å². The Balaban J connectivity index is 2.96. The van der Waals surface area contributed by atoms with E-state index in [9.17, 15) is 8.78 Å². The maximum absolute atomic E-state index is 11.8. The molecule has 0 aliphatic carbocycles. The van der Waals surface area contributed by atoms with E-state index in [0.29, 0.717) is 11.3 Å². The number of ether oxygens (including phenoxy) is 1. The standard InChI is InChI=1S/C11H10F2O/c1-8-7-10(14-2)5-3-9(8)4-6-11(12)13/h3,5,7,11H,1-2H3. The van der Waals surface area contributed by atoms with Crippen LogP contribution in [0.1, 0.15) is 11.1 Å². The molecule has 0 amide bonds. The zero-order valence-corrected chi connectivity index (χ0v) is 7.97. The number of methoxy groups -OCH3 is 1. The lowest BCUT2D eigenvalue weighted by molar-refractivity contribution is 0.215. The van der Waals surface area contributed by atoms with Crippen molar-refractivity contribution in [2.24, 2.45) is 0 Å². The average molecular weight is 196 g/mol. The summed E-state index contributed by atoms with van der Waals surface area (Å²) in [4.78, 5) is 0. The first-order chi connectivity index (χ1) is 6.63. The third kappa shape index (κ3) is 2.74. The van der Waals surface area contributed by atoms with Crippen LogP contribution in [0.5, 0.6) is 5.75 Å². The normalized spacial score (nSPS) is 9.50. The summed E-state index contributed by atoms with van der Waals surface area (Å²) < 4.78 is 28.6. The Morgan fingerprint density at radius 3 is 2.57 bits per heavy atom. The first kappa shape index (κ1) is 10.5. The Labute approximate surface area is 81.7 Å². The number of aryl methyl sites for hydroxylation is 1. The molecule has 14 heavy (non-hydrogen) atoms. The highest BCUT2D eigenvalue weighted by molar-refractivity contribution is 5.44. The van der Waals surface area contributed by atoms with E-state index >= 15 is 0 Å². The fourth-order valence-corrected chi connectivity index (χ4v) is 1.04. The van der Waals surface area contributed by atoms with Gasteiger partial charge in [0.2, 0.25) is 0 Å². The van der Waals surface area contributed by atoms with Crippen LogP contribution in [-0.2, 0) is 0 Å². The third-order valence-corrected chi connectivity index (χ3v) is 1.75. The van der Waals surface area contributed by atoms with Crippen LogP contribution < -0.4 is 4.74 Å². The van der Waals surface area contributed by atoms with E-state index in [4.69, 9.17) is 4.74 Å². The molecule has 0 saturated carbocycles. The number of benzene rings is 1. The molecule has 0 aliphatic heterocycles. The Hall–Kier alpha value is -1.56. The van der Waals surface area contributed by atoms with Gasteiger partial charge in [-0.15, -0.1) is 0 Å². The van der Waals surface area contributed by atoms with Crippen molar-refractivity contribution >= 4 is 0 Å². The van der Waals surface area contributed by atoms with E-state index in [2.05, 4.69) is 5.92 Å². The molecule has 1 aromatic carbocycles. The molecular formula is C11H10F2O. The van der Waals surface area contributed by atoms with Crippen molar-refractivity contribution in [2.45, 2.75) is 13.3 Å². The molecule has 0 saturated heterocycles. The topological polar surface area (TPSA) is 9.23 Å². The maximum Gasteiger partial charge on any atom is 0.299 e. The van der Waals surface area contributed by atoms with Gasteiger partial charge in [-0.1, -0.05) is 5.92 Å². The zero-order chi connectivity index (χ0) is 10.6. The van der Waals surface area contributed by atoms with Gasteiger partial charge in [0, 0.05) is 5.56 Å². The van der Waals surface area contributed by atoms with Crippen LogP contribution in [0.3, 0.4) is 0 Å². The van der Waals surface area contributed by atoms with Gasteiger partial charge in [0.25, 0.3) is 6.43 Å². The van der Waals surface area contributed by atoms with Crippen LogP contribution in [-0.4, -0.2) is 13.5 Å². The second-order valence-electron chi connectivity index (χ2n) is 2.75. The summed E-state index contributed by atoms with van der Waals surface area (Å²) in [7, 11) is 1.55. The predicted octanol–water partition coefficient (Wildman–Crippen LogP) is 2.62. The van der Waals surface area contributed by atoms with Gasteiger partial charge in [-0.3, -0.25) is 0 Å². The third-order valence-electron chi connectivity index (χ3n) is 1.75. The molecule has 1 nitrogen and oxygen atoms in total. The molecule has 0 N–H and O–H groups in total. The largest absolute Gasteiger partial charge is 0.497 e. The highest BCUT2D eigenvalue weighted by atomic mass is 19.3. The van der Waals surface area contributed by atoms with E-state index < -0.39 is 6.43 Å². The molecule has 74 valence electrons. The highest BCUT2D eigenvalue weighted by Gasteiger charge is 1.98. The fourth-order valence-electron chi connectivity index (χ4n) is 1.04. The summed E-state index contributed by atoms with van der Waals surface area (Å²) in [6, 6.07) is 5.13. The molecule has 0 aromatic heterocycles. The van der Waals surface area contributed by atoms with Gasteiger partial charge in [0.15, 0.2) is 0 Å². The van der Waals surface area contributed by atoms with Crippen LogP contribution in [0.15, 0.2) is 18.2 Å². The van der Waals surface area contributed by atoms with Crippen LogP contribution in [0.25, 0.3) is 0 Å². The van der Waals surface area contributed by atoms with Crippen LogP contribution in [0.2, 0.25) is 0 Å². The van der Waals surface area contributed by atoms with Gasteiger partial charge < -0.3 is 4.74 Å². The van der Waals surface area contributed by atoms with Crippen molar-refractivity contribution in [3.05, 3.63) is 29.3 Å². The molecule has 1 rings (SSSR count). The Morgan fingerprint density at radius 2 is 2.07 bits per heavy atom. The number of hydrogen-bond acceptors (Lipinski definition) is 1. The van der Waals surface area contributed by atoms with E-state index in [1.165, 1.54) is 0 Å². The van der Waals surface area contributed by atoms with E-state index in [0.717, 1.165) is 5.56 Å². The smallest absolute Gasteiger partial charge is 0.299 e. The lowest BCUT2D eigenvalue weighted by Gasteiger charge is -2.02. The van der Waals surface area contributed by atoms with Crippen molar-refractivity contribution in [1.82, 2.24) is 0 Å². The van der Waals surface area contributed by atoms with Crippen molar-refractivity contribution in [3.8, 4) is 17.6 Å². The summed E-state index contributed by atoms with van der Waals surface area (Å²) in [5.41, 5.74) is 1.43. The molecule has 0 atom stereocenters. The number of alkyl halides is 2. The quantitative estimate of drug-likeness (QED) is 0.627. The van der Waals surface area contributed by atoms with Crippen LogP contribution >= 0.6 is 0 Å². The molecule has 1 aromatic rings. The summed E-state index contributed by atoms with van der Waals surface area (Å²) in [5.74, 6) is 4.92. The molecule has 0 aliphatic rings. The van der Waals surface area contributed by atoms with Crippen molar-refractivity contribution in [3.63, 3.8) is 0 Å². The van der Waals surface area contributed by atoms with Crippen LogP contribution in [0, 0.1) is 18.8 Å². The minimum Gasteiger partial charge on any atom is -0.497 e. The van der Waals surface area contributed by atoms with Gasteiger partial charge in [-0.25, -0.2) is 0 Å². The number of halogens is 2. The molecule has 0 spiro atoms. The van der Waals surface area contributed by atoms with Crippen LogP contribution in [0.4, 0.5) is 8.78 Å². The number of hydrogen-bond donors (Lipinski definition) is 0. The van der Waals surface area contributed by atoms with E-state index in [1.807, 2.05) is 5.92 Å². The zero-order valence-electron chi connectivity index (χ0n) is 7.97. The van der Waals surface area contributed by atoms with Crippen molar-refractivity contribution < 1.29 is 13.5 Å². The molecule has 0 heterocycles. The monoisotopic (exact) mass is 196 g/mol.